The number of hydrogen-bond donors (Lipinski definition) is 2. The van der Waals surface area contributed by atoms with E-state index in [1.54, 1.807) is 4.90 Å². The maximum atomic E-state index is 12.3. The maximum Gasteiger partial charge on any atom is 0.303 e. The standard InChI is InChI=1S/C14H16ClNO4/c15-10-2-3-12(17)11(7-10)14(20)16-6-5-9(8-16)1-4-13(18)19/h2-3,7,9,17H,1,4-6,8H2,(H,18,19). The zero-order valence-corrected chi connectivity index (χ0v) is 11.6. The molecule has 1 unspecified atom stereocenters. The number of phenols is 1. The Morgan fingerprint density at radius 3 is 2.85 bits per heavy atom. The van der Waals surface area contributed by atoms with Crippen LogP contribution < -0.4 is 0 Å². The molecule has 108 valence electrons. The Hall–Kier alpha value is -1.75. The number of carboxylic acid groups (broad SMARTS) is 1. The first-order valence-electron chi connectivity index (χ1n) is 6.47. The van der Waals surface area contributed by atoms with Gasteiger partial charge in [0.2, 0.25) is 0 Å². The van der Waals surface area contributed by atoms with Gasteiger partial charge in [0.1, 0.15) is 5.75 Å². The van der Waals surface area contributed by atoms with E-state index in [2.05, 4.69) is 0 Å². The molecule has 1 aromatic rings. The van der Waals surface area contributed by atoms with Crippen molar-refractivity contribution in [2.45, 2.75) is 19.3 Å². The van der Waals surface area contributed by atoms with Crippen molar-refractivity contribution in [1.82, 2.24) is 4.90 Å². The number of nitrogens with zero attached hydrogens (tertiary/aromatic N) is 1. The molecule has 1 heterocycles. The molecule has 0 aromatic heterocycles. The third-order valence-corrected chi connectivity index (χ3v) is 3.76. The highest BCUT2D eigenvalue weighted by atomic mass is 35.5. The van der Waals surface area contributed by atoms with Crippen LogP contribution in [0.1, 0.15) is 29.6 Å². The van der Waals surface area contributed by atoms with E-state index in [0.29, 0.717) is 24.5 Å². The molecule has 20 heavy (non-hydrogen) atoms. The Labute approximate surface area is 121 Å². The van der Waals surface area contributed by atoms with Crippen molar-refractivity contribution in [2.24, 2.45) is 5.92 Å². The predicted octanol–water partition coefficient (Wildman–Crippen LogP) is 2.37. The van der Waals surface area contributed by atoms with E-state index in [-0.39, 0.29) is 29.6 Å². The minimum absolute atomic E-state index is 0.0895. The van der Waals surface area contributed by atoms with Gasteiger partial charge in [-0.2, -0.15) is 0 Å². The third kappa shape index (κ3) is 3.42. The number of carboxylic acids is 1. The number of halogens is 1. The van der Waals surface area contributed by atoms with Crippen molar-refractivity contribution in [1.29, 1.82) is 0 Å². The Morgan fingerprint density at radius 2 is 2.15 bits per heavy atom. The van der Waals surface area contributed by atoms with Crippen molar-refractivity contribution < 1.29 is 19.8 Å². The number of likely N-dealkylation sites (tertiary alicyclic amines) is 1. The highest BCUT2D eigenvalue weighted by molar-refractivity contribution is 6.31. The summed E-state index contributed by atoms with van der Waals surface area (Å²) >= 11 is 5.83. The van der Waals surface area contributed by atoms with E-state index in [0.717, 1.165) is 6.42 Å². The normalized spacial score (nSPS) is 18.2. The average molecular weight is 298 g/mol. The summed E-state index contributed by atoms with van der Waals surface area (Å²) in [5.41, 5.74) is 0.191. The summed E-state index contributed by atoms with van der Waals surface area (Å²) in [7, 11) is 0. The number of benzene rings is 1. The number of rotatable bonds is 4. The fraction of sp³-hybridized carbons (Fsp3) is 0.429. The SMILES string of the molecule is O=C(O)CCC1CCN(C(=O)c2cc(Cl)ccc2O)C1. The van der Waals surface area contributed by atoms with E-state index in [1.165, 1.54) is 18.2 Å². The van der Waals surface area contributed by atoms with E-state index in [1.807, 2.05) is 0 Å². The molecular formula is C14H16ClNO4. The van der Waals surface area contributed by atoms with Gasteiger partial charge < -0.3 is 15.1 Å². The van der Waals surface area contributed by atoms with Gasteiger partial charge in [0.05, 0.1) is 5.56 Å². The number of phenolic OH excluding ortho intramolecular Hbond substituents is 1. The van der Waals surface area contributed by atoms with Crippen LogP contribution in [0, 0.1) is 5.92 Å². The lowest BCUT2D eigenvalue weighted by atomic mass is 10.0. The van der Waals surface area contributed by atoms with Crippen molar-refractivity contribution in [2.75, 3.05) is 13.1 Å². The van der Waals surface area contributed by atoms with Gasteiger partial charge in [-0.3, -0.25) is 9.59 Å². The smallest absolute Gasteiger partial charge is 0.303 e. The molecule has 0 bridgehead atoms. The van der Waals surface area contributed by atoms with Crippen LogP contribution in [-0.4, -0.2) is 40.1 Å². The second-order valence-electron chi connectivity index (χ2n) is 5.00. The van der Waals surface area contributed by atoms with Gasteiger partial charge in [-0.25, -0.2) is 0 Å². The molecular weight excluding hydrogens is 282 g/mol. The topological polar surface area (TPSA) is 77.8 Å². The molecule has 0 spiro atoms. The highest BCUT2D eigenvalue weighted by Crippen LogP contribution is 2.27. The van der Waals surface area contributed by atoms with E-state index < -0.39 is 5.97 Å². The summed E-state index contributed by atoms with van der Waals surface area (Å²) < 4.78 is 0. The van der Waals surface area contributed by atoms with Crippen LogP contribution in [0.5, 0.6) is 5.75 Å². The van der Waals surface area contributed by atoms with Gasteiger partial charge in [0, 0.05) is 24.5 Å². The summed E-state index contributed by atoms with van der Waals surface area (Å²) in [5, 5.41) is 18.8. The predicted molar refractivity (Wildman–Crippen MR) is 74.0 cm³/mol. The van der Waals surface area contributed by atoms with Gasteiger partial charge >= 0.3 is 5.97 Å². The molecule has 1 aromatic carbocycles. The third-order valence-electron chi connectivity index (χ3n) is 3.53. The van der Waals surface area contributed by atoms with Gasteiger partial charge in [-0.05, 0) is 37.0 Å². The van der Waals surface area contributed by atoms with Crippen LogP contribution in [0.25, 0.3) is 0 Å². The molecule has 1 atom stereocenters. The lowest BCUT2D eigenvalue weighted by molar-refractivity contribution is -0.137. The van der Waals surface area contributed by atoms with Crippen LogP contribution in [0.2, 0.25) is 5.02 Å². The molecule has 1 saturated heterocycles. The lowest BCUT2D eigenvalue weighted by Crippen LogP contribution is -2.28. The average Bonchev–Trinajstić information content (AvgIpc) is 2.87. The van der Waals surface area contributed by atoms with Gasteiger partial charge in [-0.15, -0.1) is 0 Å². The first-order valence-corrected chi connectivity index (χ1v) is 6.84. The number of amides is 1. The quantitative estimate of drug-likeness (QED) is 0.894. The largest absolute Gasteiger partial charge is 0.507 e. The molecule has 1 aliphatic heterocycles. The molecule has 1 fully saturated rings. The maximum absolute atomic E-state index is 12.3. The molecule has 0 radical (unpaired) electrons. The van der Waals surface area contributed by atoms with Crippen LogP contribution in [0.3, 0.4) is 0 Å². The van der Waals surface area contributed by atoms with Crippen LogP contribution >= 0.6 is 11.6 Å². The van der Waals surface area contributed by atoms with Crippen molar-refractivity contribution >= 4 is 23.5 Å². The molecule has 0 saturated carbocycles. The first-order chi connectivity index (χ1) is 9.47. The van der Waals surface area contributed by atoms with Crippen molar-refractivity contribution in [3.63, 3.8) is 0 Å². The summed E-state index contributed by atoms with van der Waals surface area (Å²) in [6.07, 6.45) is 1.48. The monoisotopic (exact) mass is 297 g/mol. The summed E-state index contributed by atoms with van der Waals surface area (Å²) in [6.45, 7) is 1.10. The van der Waals surface area contributed by atoms with Crippen molar-refractivity contribution in [3.05, 3.63) is 28.8 Å². The fourth-order valence-electron chi connectivity index (χ4n) is 2.43. The minimum Gasteiger partial charge on any atom is -0.507 e. The summed E-state index contributed by atoms with van der Waals surface area (Å²) in [4.78, 5) is 24.5. The van der Waals surface area contributed by atoms with Crippen molar-refractivity contribution in [3.8, 4) is 5.75 Å². The van der Waals surface area contributed by atoms with Gasteiger partial charge in [-0.1, -0.05) is 11.6 Å². The first kappa shape index (κ1) is 14.7. The van der Waals surface area contributed by atoms with Gasteiger partial charge in [0.15, 0.2) is 0 Å². The molecule has 6 heteroatoms. The Morgan fingerprint density at radius 1 is 1.40 bits per heavy atom. The molecule has 5 nitrogen and oxygen atoms in total. The summed E-state index contributed by atoms with van der Waals surface area (Å²) in [5.74, 6) is -0.963. The zero-order chi connectivity index (χ0) is 14.7. The van der Waals surface area contributed by atoms with Crippen LogP contribution in [0.4, 0.5) is 0 Å². The van der Waals surface area contributed by atoms with E-state index in [9.17, 15) is 14.7 Å². The molecule has 2 N–H and O–H groups in total. The number of carbonyl (C=O) groups excluding carboxylic acids is 1. The minimum atomic E-state index is -0.817. The molecule has 1 aliphatic rings. The second kappa shape index (κ2) is 6.13. The van der Waals surface area contributed by atoms with E-state index >= 15 is 0 Å². The number of hydrogen-bond acceptors (Lipinski definition) is 3. The second-order valence-corrected chi connectivity index (χ2v) is 5.44. The number of carbonyl (C=O) groups is 2. The number of aromatic hydroxyl groups is 1. The highest BCUT2D eigenvalue weighted by Gasteiger charge is 2.28. The molecule has 2 rings (SSSR count). The Kier molecular flexibility index (Phi) is 4.49. The lowest BCUT2D eigenvalue weighted by Gasteiger charge is -2.17. The molecule has 0 aliphatic carbocycles. The Bertz CT molecular complexity index is 532. The number of aliphatic carboxylic acids is 1. The summed E-state index contributed by atoms with van der Waals surface area (Å²) in [6, 6.07) is 4.37. The van der Waals surface area contributed by atoms with Crippen LogP contribution in [-0.2, 0) is 4.79 Å². The van der Waals surface area contributed by atoms with Crippen LogP contribution in [0.15, 0.2) is 18.2 Å². The van der Waals surface area contributed by atoms with E-state index in [4.69, 9.17) is 16.7 Å². The fourth-order valence-corrected chi connectivity index (χ4v) is 2.60. The Balaban J connectivity index is 2.00. The van der Waals surface area contributed by atoms with Gasteiger partial charge in [0.25, 0.3) is 5.91 Å². The zero-order valence-electron chi connectivity index (χ0n) is 10.9. The molecule has 1 amide bonds.